The third-order valence-corrected chi connectivity index (χ3v) is 3.15. The standard InChI is InChI=1S/C13H13BrN2O2/c14-6-3-7-15-12(17)10-8-9-4-1-2-5-11(9)16-13(10)18/h1-2,4-5,8H,3,6-7H2,(H,15,17)(H,16,18). The second-order valence-corrected chi connectivity index (χ2v) is 4.69. The van der Waals surface area contributed by atoms with Crippen molar-refractivity contribution in [2.75, 3.05) is 11.9 Å². The Morgan fingerprint density at radius 3 is 2.89 bits per heavy atom. The molecule has 94 valence electrons. The number of para-hydroxylation sites is 1. The van der Waals surface area contributed by atoms with Gasteiger partial charge in [0.25, 0.3) is 11.5 Å². The van der Waals surface area contributed by atoms with Gasteiger partial charge in [0.05, 0.1) is 0 Å². The summed E-state index contributed by atoms with van der Waals surface area (Å²) in [6.07, 6.45) is 0.831. The van der Waals surface area contributed by atoms with Gasteiger partial charge in [-0.25, -0.2) is 0 Å². The third kappa shape index (κ3) is 2.79. The molecule has 18 heavy (non-hydrogen) atoms. The first-order valence-electron chi connectivity index (χ1n) is 5.68. The molecule has 1 amide bonds. The van der Waals surface area contributed by atoms with E-state index in [1.54, 1.807) is 6.07 Å². The molecule has 0 aliphatic carbocycles. The van der Waals surface area contributed by atoms with Crippen molar-refractivity contribution >= 4 is 32.7 Å². The summed E-state index contributed by atoms with van der Waals surface area (Å²) in [5.41, 5.74) is 0.535. The summed E-state index contributed by atoms with van der Waals surface area (Å²) in [6, 6.07) is 9.00. The SMILES string of the molecule is O=C(NCCCBr)c1cc2ccccc2[nH]c1=O. The van der Waals surface area contributed by atoms with Crippen molar-refractivity contribution in [1.82, 2.24) is 10.3 Å². The molecule has 2 N–H and O–H groups in total. The van der Waals surface area contributed by atoms with Gasteiger partial charge in [0.15, 0.2) is 0 Å². The Hall–Kier alpha value is -1.62. The predicted molar refractivity (Wildman–Crippen MR) is 75.3 cm³/mol. The molecule has 0 aliphatic rings. The van der Waals surface area contributed by atoms with Gasteiger partial charge in [-0.3, -0.25) is 9.59 Å². The van der Waals surface area contributed by atoms with Crippen molar-refractivity contribution in [2.45, 2.75) is 6.42 Å². The Balaban J connectivity index is 2.30. The predicted octanol–water partition coefficient (Wildman–Crippen LogP) is 2.04. The van der Waals surface area contributed by atoms with E-state index in [1.807, 2.05) is 24.3 Å². The molecule has 0 fully saturated rings. The summed E-state index contributed by atoms with van der Waals surface area (Å²) in [5, 5.41) is 4.39. The summed E-state index contributed by atoms with van der Waals surface area (Å²) in [6.45, 7) is 0.552. The molecule has 0 atom stereocenters. The van der Waals surface area contributed by atoms with Crippen LogP contribution in [0.25, 0.3) is 10.9 Å². The number of nitrogens with one attached hydrogen (secondary N) is 2. The minimum Gasteiger partial charge on any atom is -0.352 e. The second-order valence-electron chi connectivity index (χ2n) is 3.90. The minimum absolute atomic E-state index is 0.156. The molecule has 0 saturated carbocycles. The van der Waals surface area contributed by atoms with Gasteiger partial charge in [-0.2, -0.15) is 0 Å². The number of hydrogen-bond donors (Lipinski definition) is 2. The highest BCUT2D eigenvalue weighted by Gasteiger charge is 2.10. The molecule has 1 aromatic heterocycles. The highest BCUT2D eigenvalue weighted by molar-refractivity contribution is 9.09. The van der Waals surface area contributed by atoms with Crippen molar-refractivity contribution in [1.29, 1.82) is 0 Å². The number of amides is 1. The first kappa shape index (κ1) is 12.8. The number of carbonyl (C=O) groups excluding carboxylic acids is 1. The monoisotopic (exact) mass is 308 g/mol. The van der Waals surface area contributed by atoms with E-state index in [1.165, 1.54) is 0 Å². The van der Waals surface area contributed by atoms with Crippen LogP contribution in [0.4, 0.5) is 0 Å². The number of fused-ring (bicyclic) bond motifs is 1. The number of alkyl halides is 1. The molecule has 2 aromatic rings. The second kappa shape index (κ2) is 5.82. The number of rotatable bonds is 4. The number of H-pyrrole nitrogens is 1. The number of benzene rings is 1. The fraction of sp³-hybridized carbons (Fsp3) is 0.231. The zero-order valence-electron chi connectivity index (χ0n) is 9.70. The smallest absolute Gasteiger partial charge is 0.261 e. The van der Waals surface area contributed by atoms with Gasteiger partial charge in [-0.15, -0.1) is 0 Å². The van der Waals surface area contributed by atoms with E-state index in [0.717, 1.165) is 22.7 Å². The fourth-order valence-corrected chi connectivity index (χ4v) is 1.96. The van der Waals surface area contributed by atoms with Crippen LogP contribution < -0.4 is 10.9 Å². The Kier molecular flexibility index (Phi) is 4.15. The number of carbonyl (C=O) groups is 1. The van der Waals surface area contributed by atoms with E-state index < -0.39 is 0 Å². The van der Waals surface area contributed by atoms with Gasteiger partial charge in [0.2, 0.25) is 0 Å². The summed E-state index contributed by atoms with van der Waals surface area (Å²) in [4.78, 5) is 26.3. The van der Waals surface area contributed by atoms with E-state index in [4.69, 9.17) is 0 Å². The number of aromatic amines is 1. The first-order chi connectivity index (χ1) is 8.72. The van der Waals surface area contributed by atoms with Crippen molar-refractivity contribution in [3.8, 4) is 0 Å². The third-order valence-electron chi connectivity index (χ3n) is 2.59. The van der Waals surface area contributed by atoms with Crippen LogP contribution in [0.2, 0.25) is 0 Å². The maximum Gasteiger partial charge on any atom is 0.261 e. The van der Waals surface area contributed by atoms with E-state index >= 15 is 0 Å². The average molecular weight is 309 g/mol. The van der Waals surface area contributed by atoms with Crippen molar-refractivity contribution in [3.63, 3.8) is 0 Å². The van der Waals surface area contributed by atoms with Crippen LogP contribution in [-0.4, -0.2) is 22.8 Å². The van der Waals surface area contributed by atoms with Crippen molar-refractivity contribution in [3.05, 3.63) is 46.2 Å². The van der Waals surface area contributed by atoms with Crippen LogP contribution in [0.5, 0.6) is 0 Å². The molecule has 0 spiro atoms. The molecule has 2 rings (SSSR count). The van der Waals surface area contributed by atoms with Gasteiger partial charge < -0.3 is 10.3 Å². The molecule has 0 radical (unpaired) electrons. The van der Waals surface area contributed by atoms with E-state index in [9.17, 15) is 9.59 Å². The maximum atomic E-state index is 11.8. The number of pyridine rings is 1. The van der Waals surface area contributed by atoms with Gasteiger partial charge in [0, 0.05) is 17.4 Å². The molecule has 0 bridgehead atoms. The lowest BCUT2D eigenvalue weighted by atomic mass is 10.1. The topological polar surface area (TPSA) is 62.0 Å². The van der Waals surface area contributed by atoms with Gasteiger partial charge in [0.1, 0.15) is 5.56 Å². The lowest BCUT2D eigenvalue weighted by Gasteiger charge is -2.04. The summed E-state index contributed by atoms with van der Waals surface area (Å²) in [7, 11) is 0. The Morgan fingerprint density at radius 1 is 1.33 bits per heavy atom. The molecule has 1 aromatic carbocycles. The molecule has 0 aliphatic heterocycles. The Labute approximate surface area is 113 Å². The van der Waals surface area contributed by atoms with Crippen LogP contribution in [0.1, 0.15) is 16.8 Å². The zero-order chi connectivity index (χ0) is 13.0. The summed E-state index contributed by atoms with van der Waals surface area (Å²) >= 11 is 3.28. The number of aromatic nitrogens is 1. The molecular formula is C13H13BrN2O2. The Morgan fingerprint density at radius 2 is 2.11 bits per heavy atom. The minimum atomic E-state index is -0.356. The number of halogens is 1. The highest BCUT2D eigenvalue weighted by atomic mass is 79.9. The van der Waals surface area contributed by atoms with E-state index in [-0.39, 0.29) is 17.0 Å². The first-order valence-corrected chi connectivity index (χ1v) is 6.81. The quantitative estimate of drug-likeness (QED) is 0.671. The van der Waals surface area contributed by atoms with E-state index in [2.05, 4.69) is 26.2 Å². The maximum absolute atomic E-state index is 11.8. The zero-order valence-corrected chi connectivity index (χ0v) is 11.3. The normalized spacial score (nSPS) is 10.5. The van der Waals surface area contributed by atoms with E-state index in [0.29, 0.717) is 6.54 Å². The highest BCUT2D eigenvalue weighted by Crippen LogP contribution is 2.09. The number of hydrogen-bond acceptors (Lipinski definition) is 2. The fourth-order valence-electron chi connectivity index (χ4n) is 1.68. The lowest BCUT2D eigenvalue weighted by Crippen LogP contribution is -2.30. The van der Waals surface area contributed by atoms with Crippen LogP contribution in [-0.2, 0) is 0 Å². The summed E-state index contributed by atoms with van der Waals surface area (Å²) < 4.78 is 0. The van der Waals surface area contributed by atoms with Crippen LogP contribution in [0.15, 0.2) is 35.1 Å². The van der Waals surface area contributed by atoms with Gasteiger partial charge >= 0.3 is 0 Å². The largest absolute Gasteiger partial charge is 0.352 e. The molecule has 1 heterocycles. The molecule has 5 heteroatoms. The molecular weight excluding hydrogens is 296 g/mol. The average Bonchev–Trinajstić information content (AvgIpc) is 2.38. The Bertz CT molecular complexity index is 622. The van der Waals surface area contributed by atoms with Crippen LogP contribution in [0.3, 0.4) is 0 Å². The molecule has 0 saturated heterocycles. The van der Waals surface area contributed by atoms with Gasteiger partial charge in [-0.05, 0) is 23.9 Å². The van der Waals surface area contributed by atoms with Crippen LogP contribution in [0, 0.1) is 0 Å². The summed E-state index contributed by atoms with van der Waals surface area (Å²) in [5.74, 6) is -0.331. The van der Waals surface area contributed by atoms with Crippen molar-refractivity contribution in [2.24, 2.45) is 0 Å². The van der Waals surface area contributed by atoms with Gasteiger partial charge in [-0.1, -0.05) is 34.1 Å². The lowest BCUT2D eigenvalue weighted by molar-refractivity contribution is 0.0952. The van der Waals surface area contributed by atoms with Crippen LogP contribution >= 0.6 is 15.9 Å². The molecule has 0 unspecified atom stereocenters. The molecule has 4 nitrogen and oxygen atoms in total. The van der Waals surface area contributed by atoms with Crippen molar-refractivity contribution < 1.29 is 4.79 Å².